The molecule has 1 aromatic rings. The molecule has 1 aromatic heterocycles. The molecule has 2 fully saturated rings. The summed E-state index contributed by atoms with van der Waals surface area (Å²) in [5.74, 6) is 0.789. The van der Waals surface area contributed by atoms with E-state index in [4.69, 9.17) is 0 Å². The summed E-state index contributed by atoms with van der Waals surface area (Å²) in [7, 11) is 1.51. The molecule has 3 rings (SSSR count). The number of aromatic nitrogens is 2. The van der Waals surface area contributed by atoms with Gasteiger partial charge in [0.2, 0.25) is 5.91 Å². The van der Waals surface area contributed by atoms with Crippen molar-refractivity contribution < 1.29 is 4.79 Å². The van der Waals surface area contributed by atoms with Gasteiger partial charge >= 0.3 is 5.69 Å². The highest BCUT2D eigenvalue weighted by molar-refractivity contribution is 5.80. The molecule has 0 aromatic carbocycles. The molecule has 8 heteroatoms. The second kappa shape index (κ2) is 9.15. The Kier molecular flexibility index (Phi) is 6.82. The first-order valence-electron chi connectivity index (χ1n) is 10.9. The van der Waals surface area contributed by atoms with E-state index in [-0.39, 0.29) is 23.1 Å². The Morgan fingerprint density at radius 3 is 2.45 bits per heavy atom. The number of anilines is 1. The maximum absolute atomic E-state index is 13.2. The number of hydrogen-bond donors (Lipinski definition) is 0. The van der Waals surface area contributed by atoms with Crippen LogP contribution in [0.3, 0.4) is 0 Å². The number of rotatable bonds is 5. The van der Waals surface area contributed by atoms with Crippen molar-refractivity contribution in [3.63, 3.8) is 0 Å². The van der Waals surface area contributed by atoms with Crippen molar-refractivity contribution in [1.29, 1.82) is 0 Å². The standard InChI is InChI=1S/C21H35N5O3/c1-5-8-26-18(14-19(27)22(4)21(26)29)25-9-6-7-17(15-25)20(28)24-12-10-23(11-13-24)16(2)3/h14,16-17H,5-13,15H2,1-4H3. The molecule has 0 radical (unpaired) electrons. The predicted octanol–water partition coefficient (Wildman–Crippen LogP) is 0.726. The molecule has 0 N–H and O–H groups in total. The van der Waals surface area contributed by atoms with Gasteiger partial charge in [0, 0.05) is 65.0 Å². The first kappa shape index (κ1) is 21.6. The molecular weight excluding hydrogens is 370 g/mol. The average molecular weight is 406 g/mol. The minimum Gasteiger partial charge on any atom is -0.357 e. The maximum atomic E-state index is 13.2. The van der Waals surface area contributed by atoms with E-state index in [9.17, 15) is 14.4 Å². The number of piperidine rings is 1. The second-order valence-corrected chi connectivity index (χ2v) is 8.57. The number of carbonyl (C=O) groups excluding carboxylic acids is 1. The van der Waals surface area contributed by atoms with E-state index in [0.717, 1.165) is 56.6 Å². The summed E-state index contributed by atoms with van der Waals surface area (Å²) in [5, 5.41) is 0. The first-order valence-corrected chi connectivity index (χ1v) is 10.9. The highest BCUT2D eigenvalue weighted by Crippen LogP contribution is 2.24. The lowest BCUT2D eigenvalue weighted by Crippen LogP contribution is -2.54. The summed E-state index contributed by atoms with van der Waals surface area (Å²) in [6, 6.07) is 2.05. The molecule has 162 valence electrons. The zero-order chi connectivity index (χ0) is 21.1. The number of piperazine rings is 1. The lowest BCUT2D eigenvalue weighted by molar-refractivity contribution is -0.137. The van der Waals surface area contributed by atoms with Gasteiger partial charge in [0.25, 0.3) is 5.56 Å². The maximum Gasteiger partial charge on any atom is 0.332 e. The molecule has 0 spiro atoms. The van der Waals surface area contributed by atoms with E-state index in [2.05, 4.69) is 23.6 Å². The van der Waals surface area contributed by atoms with E-state index >= 15 is 0 Å². The Balaban J connectivity index is 1.75. The Morgan fingerprint density at radius 2 is 1.83 bits per heavy atom. The molecule has 1 atom stereocenters. The molecule has 0 bridgehead atoms. The molecule has 0 saturated carbocycles. The first-order chi connectivity index (χ1) is 13.8. The van der Waals surface area contributed by atoms with Gasteiger partial charge in [0.1, 0.15) is 5.82 Å². The molecule has 29 heavy (non-hydrogen) atoms. The van der Waals surface area contributed by atoms with Gasteiger partial charge in [-0.15, -0.1) is 0 Å². The Hall–Kier alpha value is -2.09. The van der Waals surface area contributed by atoms with Crippen molar-refractivity contribution in [2.75, 3.05) is 44.2 Å². The van der Waals surface area contributed by atoms with Gasteiger partial charge in [-0.3, -0.25) is 23.6 Å². The SMILES string of the molecule is CCCn1c(N2CCCC(C(=O)N3CCN(C(C)C)CC3)C2)cc(=O)n(C)c1=O. The third kappa shape index (κ3) is 4.57. The van der Waals surface area contributed by atoms with Crippen LogP contribution < -0.4 is 16.1 Å². The van der Waals surface area contributed by atoms with E-state index < -0.39 is 0 Å². The zero-order valence-corrected chi connectivity index (χ0v) is 18.3. The van der Waals surface area contributed by atoms with Crippen LogP contribution in [0.2, 0.25) is 0 Å². The van der Waals surface area contributed by atoms with Crippen LogP contribution in [-0.2, 0) is 18.4 Å². The second-order valence-electron chi connectivity index (χ2n) is 8.57. The number of nitrogens with zero attached hydrogens (tertiary/aromatic N) is 5. The van der Waals surface area contributed by atoms with Crippen molar-refractivity contribution >= 4 is 11.7 Å². The van der Waals surface area contributed by atoms with Crippen molar-refractivity contribution in [2.24, 2.45) is 13.0 Å². The van der Waals surface area contributed by atoms with Crippen LogP contribution in [0.5, 0.6) is 0 Å². The van der Waals surface area contributed by atoms with Crippen molar-refractivity contribution in [3.05, 3.63) is 26.9 Å². The van der Waals surface area contributed by atoms with Crippen LogP contribution in [0.4, 0.5) is 5.82 Å². The molecular formula is C21H35N5O3. The summed E-state index contributed by atoms with van der Waals surface area (Å²) in [5.41, 5.74) is -0.580. The van der Waals surface area contributed by atoms with E-state index in [1.165, 1.54) is 7.05 Å². The number of amides is 1. The Morgan fingerprint density at radius 1 is 1.14 bits per heavy atom. The minimum atomic E-state index is -0.296. The fraction of sp³-hybridized carbons (Fsp3) is 0.762. The molecule has 2 aliphatic heterocycles. The Labute approximate surface area is 172 Å². The smallest absolute Gasteiger partial charge is 0.332 e. The van der Waals surface area contributed by atoms with Gasteiger partial charge in [0.05, 0.1) is 5.92 Å². The fourth-order valence-electron chi connectivity index (χ4n) is 4.46. The quantitative estimate of drug-likeness (QED) is 0.722. The van der Waals surface area contributed by atoms with Gasteiger partial charge in [-0.2, -0.15) is 0 Å². The summed E-state index contributed by atoms with van der Waals surface area (Å²) >= 11 is 0. The highest BCUT2D eigenvalue weighted by Gasteiger charge is 2.32. The fourth-order valence-corrected chi connectivity index (χ4v) is 4.46. The van der Waals surface area contributed by atoms with Crippen LogP contribution in [0, 0.1) is 5.92 Å². The van der Waals surface area contributed by atoms with Gasteiger partial charge in [0.15, 0.2) is 0 Å². The molecule has 1 amide bonds. The highest BCUT2D eigenvalue weighted by atomic mass is 16.2. The zero-order valence-electron chi connectivity index (χ0n) is 18.3. The van der Waals surface area contributed by atoms with Crippen molar-refractivity contribution in [3.8, 4) is 0 Å². The van der Waals surface area contributed by atoms with Gasteiger partial charge in [-0.05, 0) is 33.1 Å². The third-order valence-electron chi connectivity index (χ3n) is 6.28. The van der Waals surface area contributed by atoms with Crippen LogP contribution in [0.25, 0.3) is 0 Å². The summed E-state index contributed by atoms with van der Waals surface area (Å²) in [4.78, 5) is 44.5. The van der Waals surface area contributed by atoms with Crippen LogP contribution >= 0.6 is 0 Å². The lowest BCUT2D eigenvalue weighted by Gasteiger charge is -2.40. The molecule has 1 unspecified atom stereocenters. The van der Waals surface area contributed by atoms with Crippen molar-refractivity contribution in [2.45, 2.75) is 52.6 Å². The van der Waals surface area contributed by atoms with Crippen LogP contribution in [0.15, 0.2) is 15.7 Å². The number of hydrogen-bond acceptors (Lipinski definition) is 5. The molecule has 2 aliphatic rings. The summed E-state index contributed by atoms with van der Waals surface area (Å²) in [6.07, 6.45) is 2.56. The molecule has 2 saturated heterocycles. The van der Waals surface area contributed by atoms with Gasteiger partial charge < -0.3 is 9.80 Å². The predicted molar refractivity (Wildman–Crippen MR) is 114 cm³/mol. The molecule has 3 heterocycles. The van der Waals surface area contributed by atoms with Gasteiger partial charge in [-0.25, -0.2) is 4.79 Å². The topological polar surface area (TPSA) is 70.8 Å². The minimum absolute atomic E-state index is 0.0800. The van der Waals surface area contributed by atoms with Crippen LogP contribution in [-0.4, -0.2) is 70.2 Å². The Bertz CT molecular complexity index is 836. The molecule has 0 aliphatic carbocycles. The van der Waals surface area contributed by atoms with Crippen molar-refractivity contribution in [1.82, 2.24) is 18.9 Å². The van der Waals surface area contributed by atoms with Gasteiger partial charge in [-0.1, -0.05) is 6.92 Å². The van der Waals surface area contributed by atoms with E-state index in [0.29, 0.717) is 24.9 Å². The summed E-state index contributed by atoms with van der Waals surface area (Å²) < 4.78 is 2.83. The lowest BCUT2D eigenvalue weighted by atomic mass is 9.96. The summed E-state index contributed by atoms with van der Waals surface area (Å²) in [6.45, 7) is 11.7. The third-order valence-corrected chi connectivity index (χ3v) is 6.28. The van der Waals surface area contributed by atoms with E-state index in [1.54, 1.807) is 10.6 Å². The average Bonchev–Trinajstić information content (AvgIpc) is 2.73. The van der Waals surface area contributed by atoms with Crippen LogP contribution in [0.1, 0.15) is 40.0 Å². The number of carbonyl (C=O) groups is 1. The molecule has 8 nitrogen and oxygen atoms in total. The monoisotopic (exact) mass is 405 g/mol. The van der Waals surface area contributed by atoms with E-state index in [1.807, 2.05) is 11.8 Å². The largest absolute Gasteiger partial charge is 0.357 e. The normalized spacial score (nSPS) is 21.1.